The minimum Gasteiger partial charge on any atom is -0.357 e. The molecule has 0 aliphatic heterocycles. The number of rotatable bonds is 8. The van der Waals surface area contributed by atoms with E-state index >= 15 is 0 Å². The van der Waals surface area contributed by atoms with Crippen molar-refractivity contribution in [1.29, 1.82) is 0 Å². The molecule has 7 heteroatoms. The van der Waals surface area contributed by atoms with Crippen LogP contribution in [0.5, 0.6) is 0 Å². The Bertz CT molecular complexity index is 864. The standard InChI is InChI=1S/C21H26N6S/c1-3-22-21(24-15-17(2)28-19-8-5-4-6-9-19)25-16-18-10-12-23-20(14-18)27-13-7-11-26-27/h4-14,17H,3,15-16H2,1-2H3,(H2,22,24,25). The van der Waals surface area contributed by atoms with Crippen LogP contribution in [-0.2, 0) is 6.54 Å². The van der Waals surface area contributed by atoms with Crippen LogP contribution in [0.15, 0.2) is 77.0 Å². The minimum atomic E-state index is 0.429. The van der Waals surface area contributed by atoms with Gasteiger partial charge in [0.25, 0.3) is 0 Å². The van der Waals surface area contributed by atoms with E-state index < -0.39 is 0 Å². The van der Waals surface area contributed by atoms with Gasteiger partial charge in [-0.3, -0.25) is 0 Å². The summed E-state index contributed by atoms with van der Waals surface area (Å²) in [4.78, 5) is 10.4. The van der Waals surface area contributed by atoms with Crippen LogP contribution >= 0.6 is 11.8 Å². The molecule has 3 rings (SSSR count). The Kier molecular flexibility index (Phi) is 7.49. The molecular formula is C21H26N6S. The summed E-state index contributed by atoms with van der Waals surface area (Å²) in [5, 5.41) is 11.4. The Balaban J connectivity index is 1.57. The molecule has 1 aromatic carbocycles. The lowest BCUT2D eigenvalue weighted by atomic mass is 10.2. The fourth-order valence-corrected chi connectivity index (χ4v) is 3.56. The zero-order chi connectivity index (χ0) is 19.6. The van der Waals surface area contributed by atoms with Gasteiger partial charge >= 0.3 is 0 Å². The third kappa shape index (κ3) is 6.13. The maximum absolute atomic E-state index is 4.71. The van der Waals surface area contributed by atoms with Crippen molar-refractivity contribution in [3.8, 4) is 5.82 Å². The van der Waals surface area contributed by atoms with E-state index in [0.29, 0.717) is 11.8 Å². The highest BCUT2D eigenvalue weighted by molar-refractivity contribution is 8.00. The average molecular weight is 395 g/mol. The number of aliphatic imine (C=N–C) groups is 1. The molecule has 0 radical (unpaired) electrons. The summed E-state index contributed by atoms with van der Waals surface area (Å²) in [6.45, 7) is 6.52. The third-order valence-corrected chi connectivity index (χ3v) is 5.06. The van der Waals surface area contributed by atoms with Gasteiger partial charge in [0.1, 0.15) is 0 Å². The number of nitrogens with zero attached hydrogens (tertiary/aromatic N) is 4. The molecule has 0 aliphatic carbocycles. The van der Waals surface area contributed by atoms with E-state index in [1.807, 2.05) is 42.2 Å². The van der Waals surface area contributed by atoms with Crippen LogP contribution in [0, 0.1) is 0 Å². The lowest BCUT2D eigenvalue weighted by Crippen LogP contribution is -2.40. The molecule has 146 valence electrons. The van der Waals surface area contributed by atoms with Gasteiger partial charge in [-0.1, -0.05) is 25.1 Å². The quantitative estimate of drug-likeness (QED) is 0.348. The normalized spacial score (nSPS) is 12.6. The molecule has 0 bridgehead atoms. The van der Waals surface area contributed by atoms with Crippen LogP contribution in [0.2, 0.25) is 0 Å². The summed E-state index contributed by atoms with van der Waals surface area (Å²) < 4.78 is 1.75. The molecule has 28 heavy (non-hydrogen) atoms. The molecule has 6 nitrogen and oxygen atoms in total. The van der Waals surface area contributed by atoms with Crippen molar-refractivity contribution in [2.24, 2.45) is 4.99 Å². The molecule has 0 saturated carbocycles. The average Bonchev–Trinajstić information content (AvgIpc) is 3.26. The highest BCUT2D eigenvalue weighted by Crippen LogP contribution is 2.21. The Labute approximate surface area is 170 Å². The third-order valence-electron chi connectivity index (χ3n) is 3.95. The molecule has 2 N–H and O–H groups in total. The number of nitrogens with one attached hydrogen (secondary N) is 2. The van der Waals surface area contributed by atoms with E-state index in [1.165, 1.54) is 4.90 Å². The van der Waals surface area contributed by atoms with Crippen LogP contribution in [0.25, 0.3) is 5.82 Å². The molecule has 0 spiro atoms. The van der Waals surface area contributed by atoms with E-state index in [2.05, 4.69) is 58.8 Å². The van der Waals surface area contributed by atoms with E-state index in [9.17, 15) is 0 Å². The molecule has 0 aliphatic rings. The summed E-state index contributed by atoms with van der Waals surface area (Å²) in [6.07, 6.45) is 5.42. The maximum atomic E-state index is 4.71. The van der Waals surface area contributed by atoms with Crippen LogP contribution in [-0.4, -0.2) is 39.1 Å². The van der Waals surface area contributed by atoms with Gasteiger partial charge in [-0.05, 0) is 42.8 Å². The second-order valence-corrected chi connectivity index (χ2v) is 7.80. The van der Waals surface area contributed by atoms with Crippen LogP contribution in [0.1, 0.15) is 19.4 Å². The van der Waals surface area contributed by atoms with Crippen molar-refractivity contribution >= 4 is 17.7 Å². The molecule has 2 aromatic heterocycles. The molecular weight excluding hydrogens is 368 g/mol. The lowest BCUT2D eigenvalue weighted by Gasteiger charge is -2.15. The zero-order valence-corrected chi connectivity index (χ0v) is 17.1. The molecule has 0 fully saturated rings. The molecule has 1 unspecified atom stereocenters. The maximum Gasteiger partial charge on any atom is 0.191 e. The summed E-state index contributed by atoms with van der Waals surface area (Å²) in [6, 6.07) is 16.3. The van der Waals surface area contributed by atoms with Gasteiger partial charge in [0.2, 0.25) is 0 Å². The first-order chi connectivity index (χ1) is 13.7. The van der Waals surface area contributed by atoms with Crippen LogP contribution < -0.4 is 10.6 Å². The van der Waals surface area contributed by atoms with Crippen molar-refractivity contribution in [3.05, 3.63) is 72.7 Å². The van der Waals surface area contributed by atoms with Crippen molar-refractivity contribution in [3.63, 3.8) is 0 Å². The summed E-state index contributed by atoms with van der Waals surface area (Å²) >= 11 is 1.86. The molecule has 0 saturated heterocycles. The number of hydrogen-bond donors (Lipinski definition) is 2. The van der Waals surface area contributed by atoms with Gasteiger partial charge in [-0.25, -0.2) is 14.7 Å². The highest BCUT2D eigenvalue weighted by Gasteiger charge is 2.06. The second-order valence-electron chi connectivity index (χ2n) is 6.29. The first-order valence-electron chi connectivity index (χ1n) is 9.43. The van der Waals surface area contributed by atoms with Gasteiger partial charge in [-0.2, -0.15) is 5.10 Å². The van der Waals surface area contributed by atoms with E-state index in [1.54, 1.807) is 17.1 Å². The van der Waals surface area contributed by atoms with Gasteiger partial charge in [-0.15, -0.1) is 11.8 Å². The fraction of sp³-hybridized carbons (Fsp3) is 0.286. The van der Waals surface area contributed by atoms with Crippen molar-refractivity contribution in [2.45, 2.75) is 30.5 Å². The number of pyridine rings is 1. The van der Waals surface area contributed by atoms with Gasteiger partial charge in [0, 0.05) is 41.8 Å². The number of guanidine groups is 1. The minimum absolute atomic E-state index is 0.429. The number of benzene rings is 1. The predicted octanol–water partition coefficient (Wildman–Crippen LogP) is 3.50. The topological polar surface area (TPSA) is 67.1 Å². The van der Waals surface area contributed by atoms with Crippen molar-refractivity contribution < 1.29 is 0 Å². The Morgan fingerprint density at radius 2 is 2.00 bits per heavy atom. The zero-order valence-electron chi connectivity index (χ0n) is 16.2. The van der Waals surface area contributed by atoms with Crippen molar-refractivity contribution in [2.75, 3.05) is 13.1 Å². The summed E-state index contributed by atoms with van der Waals surface area (Å²) in [5.41, 5.74) is 1.09. The number of hydrogen-bond acceptors (Lipinski definition) is 4. The number of thioether (sulfide) groups is 1. The monoisotopic (exact) mass is 394 g/mol. The largest absolute Gasteiger partial charge is 0.357 e. The van der Waals surface area contributed by atoms with E-state index in [-0.39, 0.29) is 0 Å². The first-order valence-corrected chi connectivity index (χ1v) is 10.3. The Morgan fingerprint density at radius 1 is 1.14 bits per heavy atom. The van der Waals surface area contributed by atoms with Gasteiger partial charge < -0.3 is 10.6 Å². The van der Waals surface area contributed by atoms with Gasteiger partial charge in [0.05, 0.1) is 6.54 Å². The molecule has 2 heterocycles. The van der Waals surface area contributed by atoms with E-state index in [4.69, 9.17) is 4.99 Å². The summed E-state index contributed by atoms with van der Waals surface area (Å²) in [7, 11) is 0. The van der Waals surface area contributed by atoms with Gasteiger partial charge in [0.15, 0.2) is 11.8 Å². The first kappa shape index (κ1) is 19.9. The highest BCUT2D eigenvalue weighted by atomic mass is 32.2. The second kappa shape index (κ2) is 10.5. The lowest BCUT2D eigenvalue weighted by molar-refractivity contribution is 0.793. The SMILES string of the molecule is CCNC(=NCc1ccnc(-n2cccn2)c1)NCC(C)Sc1ccccc1. The summed E-state index contributed by atoms with van der Waals surface area (Å²) in [5.74, 6) is 1.61. The van der Waals surface area contributed by atoms with Crippen LogP contribution in [0.4, 0.5) is 0 Å². The van der Waals surface area contributed by atoms with E-state index in [0.717, 1.165) is 30.4 Å². The predicted molar refractivity (Wildman–Crippen MR) is 116 cm³/mol. The molecule has 1 atom stereocenters. The smallest absolute Gasteiger partial charge is 0.191 e. The van der Waals surface area contributed by atoms with Crippen LogP contribution in [0.3, 0.4) is 0 Å². The molecule has 3 aromatic rings. The molecule has 0 amide bonds. The Hall–Kier alpha value is -2.80. The van der Waals surface area contributed by atoms with Crippen molar-refractivity contribution in [1.82, 2.24) is 25.4 Å². The number of aromatic nitrogens is 3. The fourth-order valence-electron chi connectivity index (χ4n) is 2.61. The Morgan fingerprint density at radius 3 is 2.75 bits per heavy atom.